The fraction of sp³-hybridized carbons (Fsp3) is 0.174. The van der Waals surface area contributed by atoms with Gasteiger partial charge in [-0.05, 0) is 53.5 Å². The van der Waals surface area contributed by atoms with E-state index in [0.29, 0.717) is 23.5 Å². The Hall–Kier alpha value is -3.48. The number of nitrogens with zero attached hydrogens (tertiary/aromatic N) is 1. The number of nitrogens with one attached hydrogen (secondary N) is 1. The summed E-state index contributed by atoms with van der Waals surface area (Å²) in [4.78, 5) is 3.93. The van der Waals surface area contributed by atoms with Crippen LogP contribution in [0.5, 0.6) is 5.75 Å². The Bertz CT molecular complexity index is 1120. The fourth-order valence-corrected chi connectivity index (χ4v) is 3.85. The molecule has 1 aliphatic heterocycles. The second-order valence-electron chi connectivity index (χ2n) is 7.26. The zero-order valence-electron chi connectivity index (χ0n) is 16.2. The Kier molecular flexibility index (Phi) is 5.11. The molecular formula is C23H20F3N3O. The first kappa shape index (κ1) is 19.8. The normalized spacial score (nSPS) is 18.2. The first-order valence-corrected chi connectivity index (χ1v) is 9.37. The molecule has 1 aliphatic rings. The minimum atomic E-state index is -2.89. The maximum atomic E-state index is 13.7. The predicted molar refractivity (Wildman–Crippen MR) is 108 cm³/mol. The highest BCUT2D eigenvalue weighted by atomic mass is 19.3. The maximum absolute atomic E-state index is 13.7. The smallest absolute Gasteiger partial charge is 0.387 e. The Morgan fingerprint density at radius 3 is 2.53 bits per heavy atom. The number of aryl methyl sites for hydroxylation is 1. The number of hydrogen-bond donors (Lipinski definition) is 2. The monoisotopic (exact) mass is 411 g/mol. The van der Waals surface area contributed by atoms with Gasteiger partial charge in [0.15, 0.2) is 0 Å². The molecule has 0 amide bonds. The van der Waals surface area contributed by atoms with Gasteiger partial charge in [0, 0.05) is 18.3 Å². The molecule has 1 atom stereocenters. The number of halogens is 3. The van der Waals surface area contributed by atoms with E-state index in [1.54, 1.807) is 25.3 Å². The van der Waals surface area contributed by atoms with E-state index in [4.69, 9.17) is 5.73 Å². The van der Waals surface area contributed by atoms with Crippen molar-refractivity contribution in [3.63, 3.8) is 0 Å². The average molecular weight is 411 g/mol. The van der Waals surface area contributed by atoms with Crippen molar-refractivity contribution in [2.45, 2.75) is 19.0 Å². The number of ether oxygens (including phenoxy) is 1. The van der Waals surface area contributed by atoms with Gasteiger partial charge in [-0.15, -0.1) is 0 Å². The lowest BCUT2D eigenvalue weighted by Gasteiger charge is -2.29. The SMILES string of the molecule is Cc1cc(C2(c3cccc(-c4cncc(F)c4)c3)C=C(N)NC2)ccc1OC(F)F. The van der Waals surface area contributed by atoms with Crippen molar-refractivity contribution in [3.05, 3.63) is 95.3 Å². The zero-order valence-corrected chi connectivity index (χ0v) is 16.2. The number of benzene rings is 2. The number of alkyl halides is 2. The summed E-state index contributed by atoms with van der Waals surface area (Å²) in [6.07, 6.45) is 4.68. The average Bonchev–Trinajstić information content (AvgIpc) is 3.12. The van der Waals surface area contributed by atoms with Crippen molar-refractivity contribution < 1.29 is 17.9 Å². The molecule has 154 valence electrons. The van der Waals surface area contributed by atoms with Gasteiger partial charge in [0.05, 0.1) is 17.4 Å². The molecule has 0 saturated carbocycles. The Morgan fingerprint density at radius 1 is 1.07 bits per heavy atom. The largest absolute Gasteiger partial charge is 0.435 e. The van der Waals surface area contributed by atoms with Crippen LogP contribution in [0.1, 0.15) is 16.7 Å². The van der Waals surface area contributed by atoms with E-state index in [0.717, 1.165) is 22.9 Å². The highest BCUT2D eigenvalue weighted by molar-refractivity contribution is 5.65. The summed E-state index contributed by atoms with van der Waals surface area (Å²) in [5.74, 6) is 0.245. The van der Waals surface area contributed by atoms with E-state index in [9.17, 15) is 13.2 Å². The van der Waals surface area contributed by atoms with Crippen LogP contribution in [-0.2, 0) is 5.41 Å². The first-order valence-electron chi connectivity index (χ1n) is 9.37. The molecule has 3 aromatic rings. The van der Waals surface area contributed by atoms with Crippen molar-refractivity contribution in [1.82, 2.24) is 10.3 Å². The quantitative estimate of drug-likeness (QED) is 0.650. The standard InChI is InChI=1S/C23H20F3N3O/c1-14-7-18(5-6-20(14)30-22(25)26)23(10-21(27)29-13-23)17-4-2-3-15(8-17)16-9-19(24)12-28-11-16/h2-12,22,29H,13,27H2,1H3. The molecule has 30 heavy (non-hydrogen) atoms. The molecule has 3 N–H and O–H groups in total. The number of hydrogen-bond acceptors (Lipinski definition) is 4. The van der Waals surface area contributed by atoms with E-state index in [-0.39, 0.29) is 5.75 Å². The van der Waals surface area contributed by atoms with Crippen molar-refractivity contribution >= 4 is 0 Å². The molecule has 0 spiro atoms. The molecule has 2 heterocycles. The molecular weight excluding hydrogens is 391 g/mol. The van der Waals surface area contributed by atoms with E-state index >= 15 is 0 Å². The summed E-state index contributed by atoms with van der Waals surface area (Å²) in [6, 6.07) is 14.3. The van der Waals surface area contributed by atoms with Crippen LogP contribution in [0.15, 0.2) is 72.8 Å². The van der Waals surface area contributed by atoms with E-state index in [1.165, 1.54) is 6.07 Å². The van der Waals surface area contributed by atoms with Gasteiger partial charge in [-0.2, -0.15) is 8.78 Å². The van der Waals surface area contributed by atoms with Gasteiger partial charge in [0.25, 0.3) is 0 Å². The van der Waals surface area contributed by atoms with E-state index < -0.39 is 17.8 Å². The van der Waals surface area contributed by atoms with Crippen molar-refractivity contribution in [2.75, 3.05) is 6.54 Å². The highest BCUT2D eigenvalue weighted by Gasteiger charge is 2.37. The van der Waals surface area contributed by atoms with Crippen LogP contribution in [0, 0.1) is 12.7 Å². The van der Waals surface area contributed by atoms with Crippen LogP contribution in [0.2, 0.25) is 0 Å². The molecule has 4 rings (SSSR count). The Morgan fingerprint density at radius 2 is 1.87 bits per heavy atom. The molecule has 2 aromatic carbocycles. The number of nitrogens with two attached hydrogens (primary N) is 1. The Labute approximate surface area is 172 Å². The summed E-state index contributed by atoms with van der Waals surface area (Å²) in [6.45, 7) is -0.666. The van der Waals surface area contributed by atoms with Gasteiger partial charge in [-0.1, -0.05) is 30.3 Å². The zero-order chi connectivity index (χ0) is 21.3. The molecule has 0 aliphatic carbocycles. The van der Waals surface area contributed by atoms with Gasteiger partial charge >= 0.3 is 6.61 Å². The van der Waals surface area contributed by atoms with Gasteiger partial charge in [-0.3, -0.25) is 4.98 Å². The number of aromatic nitrogens is 1. The van der Waals surface area contributed by atoms with Gasteiger partial charge < -0.3 is 15.8 Å². The van der Waals surface area contributed by atoms with Gasteiger partial charge in [-0.25, -0.2) is 4.39 Å². The molecule has 1 unspecified atom stereocenters. The Balaban J connectivity index is 1.81. The second kappa shape index (κ2) is 7.74. The van der Waals surface area contributed by atoms with Crippen LogP contribution >= 0.6 is 0 Å². The highest BCUT2D eigenvalue weighted by Crippen LogP contribution is 2.40. The summed E-state index contributed by atoms with van der Waals surface area (Å²) in [5, 5.41) is 3.16. The van der Waals surface area contributed by atoms with Crippen molar-refractivity contribution in [2.24, 2.45) is 5.73 Å². The third-order valence-electron chi connectivity index (χ3n) is 5.30. The van der Waals surface area contributed by atoms with Crippen molar-refractivity contribution in [3.8, 4) is 16.9 Å². The van der Waals surface area contributed by atoms with Gasteiger partial charge in [0.1, 0.15) is 11.6 Å². The maximum Gasteiger partial charge on any atom is 0.387 e. The summed E-state index contributed by atoms with van der Waals surface area (Å²) >= 11 is 0. The van der Waals surface area contributed by atoms with Crippen LogP contribution in [0.4, 0.5) is 13.2 Å². The molecule has 7 heteroatoms. The lowest BCUT2D eigenvalue weighted by Crippen LogP contribution is -2.31. The van der Waals surface area contributed by atoms with Crippen LogP contribution in [0.3, 0.4) is 0 Å². The van der Waals surface area contributed by atoms with Crippen LogP contribution in [0.25, 0.3) is 11.1 Å². The van der Waals surface area contributed by atoms with Crippen LogP contribution in [-0.4, -0.2) is 18.1 Å². The topological polar surface area (TPSA) is 60.2 Å². The third-order valence-corrected chi connectivity index (χ3v) is 5.30. The molecule has 0 bridgehead atoms. The van der Waals surface area contributed by atoms with E-state index in [1.807, 2.05) is 36.4 Å². The van der Waals surface area contributed by atoms with Gasteiger partial charge in [0.2, 0.25) is 0 Å². The molecule has 0 saturated heterocycles. The third kappa shape index (κ3) is 3.70. The number of pyridine rings is 1. The predicted octanol–water partition coefficient (Wildman–Crippen LogP) is 4.49. The fourth-order valence-electron chi connectivity index (χ4n) is 3.85. The molecule has 0 radical (unpaired) electrons. The number of rotatable bonds is 5. The minimum Gasteiger partial charge on any atom is -0.435 e. The summed E-state index contributed by atoms with van der Waals surface area (Å²) in [7, 11) is 0. The first-order chi connectivity index (χ1) is 14.4. The summed E-state index contributed by atoms with van der Waals surface area (Å²) in [5.41, 5.74) is 9.31. The lowest BCUT2D eigenvalue weighted by atomic mass is 9.74. The van der Waals surface area contributed by atoms with Crippen molar-refractivity contribution in [1.29, 1.82) is 0 Å². The van der Waals surface area contributed by atoms with Crippen LogP contribution < -0.4 is 15.8 Å². The lowest BCUT2D eigenvalue weighted by molar-refractivity contribution is -0.0503. The molecule has 1 aromatic heterocycles. The second-order valence-corrected chi connectivity index (χ2v) is 7.26. The molecule has 0 fully saturated rings. The minimum absolute atomic E-state index is 0.131. The summed E-state index contributed by atoms with van der Waals surface area (Å²) < 4.78 is 43.5. The van der Waals surface area contributed by atoms with E-state index in [2.05, 4.69) is 15.0 Å². The molecule has 4 nitrogen and oxygen atoms in total.